The fourth-order valence-electron chi connectivity index (χ4n) is 1.01. The van der Waals surface area contributed by atoms with E-state index in [2.05, 4.69) is 15.9 Å². The number of carbonyl (C=O) groups is 1. The van der Waals surface area contributed by atoms with Gasteiger partial charge in [-0.15, -0.1) is 0 Å². The van der Waals surface area contributed by atoms with Crippen molar-refractivity contribution in [1.29, 1.82) is 0 Å². The maximum absolute atomic E-state index is 11.6. The van der Waals surface area contributed by atoms with Gasteiger partial charge >= 0.3 is 6.16 Å². The Morgan fingerprint density at radius 3 is 2.41 bits per heavy atom. The van der Waals surface area contributed by atoms with Gasteiger partial charge in [-0.25, -0.2) is 4.79 Å². The zero-order valence-corrected chi connectivity index (χ0v) is 11.4. The third kappa shape index (κ3) is 4.56. The third-order valence-corrected chi connectivity index (χ3v) is 2.24. The summed E-state index contributed by atoms with van der Waals surface area (Å²) in [5.41, 5.74) is -1.06. The Morgan fingerprint density at radius 1 is 1.24 bits per heavy atom. The van der Waals surface area contributed by atoms with E-state index in [0.717, 1.165) is 0 Å². The van der Waals surface area contributed by atoms with Crippen LogP contribution < -0.4 is 10.2 Å². The first-order valence-electron chi connectivity index (χ1n) is 4.99. The van der Waals surface area contributed by atoms with Gasteiger partial charge in [0.15, 0.2) is 5.75 Å². The van der Waals surface area contributed by atoms with Gasteiger partial charge in [-0.3, -0.25) is 4.79 Å². The molecule has 0 bridgehead atoms. The number of hydrogen-bond donors (Lipinski definition) is 0. The number of halogens is 1. The summed E-state index contributed by atoms with van der Waals surface area (Å²) in [5, 5.41) is 0. The lowest BCUT2D eigenvalue weighted by molar-refractivity contribution is 0.0203. The van der Waals surface area contributed by atoms with E-state index in [-0.39, 0.29) is 5.75 Å². The number of rotatable bonds is 1. The minimum Gasteiger partial charge on any atom is -0.428 e. The fourth-order valence-corrected chi connectivity index (χ4v) is 1.43. The van der Waals surface area contributed by atoms with Crippen molar-refractivity contribution >= 4 is 22.1 Å². The van der Waals surface area contributed by atoms with Gasteiger partial charge in [0.25, 0.3) is 0 Å². The molecule has 0 aliphatic carbocycles. The van der Waals surface area contributed by atoms with Crippen LogP contribution in [0, 0.1) is 0 Å². The highest BCUT2D eigenvalue weighted by atomic mass is 79.9. The van der Waals surface area contributed by atoms with Gasteiger partial charge in [0, 0.05) is 0 Å². The van der Waals surface area contributed by atoms with E-state index in [1.54, 1.807) is 39.0 Å². The molecule has 0 amide bonds. The Balaban J connectivity index is 2.94. The summed E-state index contributed by atoms with van der Waals surface area (Å²) in [4.78, 5) is 23.0. The maximum atomic E-state index is 11.6. The Bertz CT molecular complexity index is 477. The molecule has 1 rings (SSSR count). The Labute approximate surface area is 108 Å². The molecule has 0 aromatic heterocycles. The number of hydrogen-bond acceptors (Lipinski definition) is 4. The molecule has 17 heavy (non-hydrogen) atoms. The predicted octanol–water partition coefficient (Wildman–Crippen LogP) is 3.12. The van der Waals surface area contributed by atoms with Crippen molar-refractivity contribution < 1.29 is 14.3 Å². The second-order valence-corrected chi connectivity index (χ2v) is 5.18. The van der Waals surface area contributed by atoms with Gasteiger partial charge in [-0.1, -0.05) is 12.1 Å². The van der Waals surface area contributed by atoms with Crippen LogP contribution in [0.5, 0.6) is 5.75 Å². The van der Waals surface area contributed by atoms with Crippen LogP contribution >= 0.6 is 15.9 Å². The van der Waals surface area contributed by atoms with Crippen molar-refractivity contribution in [1.82, 2.24) is 0 Å². The summed E-state index contributed by atoms with van der Waals surface area (Å²) < 4.78 is 10.3. The van der Waals surface area contributed by atoms with Crippen molar-refractivity contribution in [2.45, 2.75) is 26.4 Å². The van der Waals surface area contributed by atoms with Crippen LogP contribution in [0.25, 0.3) is 0 Å². The Hall–Kier alpha value is -1.36. The van der Waals surface area contributed by atoms with Crippen molar-refractivity contribution in [2.24, 2.45) is 0 Å². The minimum atomic E-state index is -0.901. The molecule has 0 unspecified atom stereocenters. The van der Waals surface area contributed by atoms with Crippen LogP contribution in [0.1, 0.15) is 20.8 Å². The predicted molar refractivity (Wildman–Crippen MR) is 67.3 cm³/mol. The standard InChI is InChI=1S/C12H13BrO4/c1-12(2,3)17-11(15)16-10-8(13)6-4-5-7-9(10)14/h4-7H,1-3H3. The molecule has 0 N–H and O–H groups in total. The fraction of sp³-hybridized carbons (Fsp3) is 0.333. The molecule has 0 atom stereocenters. The first-order chi connectivity index (χ1) is 7.79. The molecule has 0 radical (unpaired) electrons. The lowest BCUT2D eigenvalue weighted by Crippen LogP contribution is -2.27. The minimum absolute atomic E-state index is 0.0794. The van der Waals surface area contributed by atoms with Crippen molar-refractivity contribution in [3.63, 3.8) is 0 Å². The van der Waals surface area contributed by atoms with Gasteiger partial charge in [-0.2, -0.15) is 0 Å². The van der Waals surface area contributed by atoms with E-state index in [9.17, 15) is 9.59 Å². The average molecular weight is 301 g/mol. The smallest absolute Gasteiger partial charge is 0.428 e. The zero-order chi connectivity index (χ0) is 13.1. The SMILES string of the molecule is CC(C)(C)OC(=O)Oc1c(Br)ccccc1=O. The number of carbonyl (C=O) groups excluding carboxylic acids is 1. The summed E-state index contributed by atoms with van der Waals surface area (Å²) in [5.74, 6) is -0.0794. The van der Waals surface area contributed by atoms with Crippen LogP contribution in [0.3, 0.4) is 0 Å². The Morgan fingerprint density at radius 2 is 1.82 bits per heavy atom. The second kappa shape index (κ2) is 5.31. The summed E-state index contributed by atoms with van der Waals surface area (Å²) in [6, 6.07) is 6.15. The molecule has 4 nitrogen and oxygen atoms in total. The molecule has 0 aliphatic rings. The molecule has 0 saturated carbocycles. The quantitative estimate of drug-likeness (QED) is 0.748. The highest BCUT2D eigenvalue weighted by Crippen LogP contribution is 2.20. The second-order valence-electron chi connectivity index (χ2n) is 4.33. The molecule has 5 heteroatoms. The van der Waals surface area contributed by atoms with Crippen molar-refractivity contribution in [2.75, 3.05) is 0 Å². The first kappa shape index (κ1) is 13.7. The van der Waals surface area contributed by atoms with Gasteiger partial charge < -0.3 is 9.47 Å². The van der Waals surface area contributed by atoms with Crippen LogP contribution in [-0.4, -0.2) is 11.8 Å². The maximum Gasteiger partial charge on any atom is 0.514 e. The normalized spacial score (nSPS) is 10.8. The molecule has 0 aliphatic heterocycles. The highest BCUT2D eigenvalue weighted by molar-refractivity contribution is 9.10. The molecule has 92 valence electrons. The van der Waals surface area contributed by atoms with E-state index in [1.807, 2.05) is 0 Å². The lowest BCUT2D eigenvalue weighted by atomic mass is 10.2. The van der Waals surface area contributed by atoms with E-state index in [0.29, 0.717) is 4.47 Å². The average Bonchev–Trinajstić information content (AvgIpc) is 2.30. The molecule has 1 aromatic rings. The largest absolute Gasteiger partial charge is 0.514 e. The van der Waals surface area contributed by atoms with E-state index in [4.69, 9.17) is 9.47 Å². The molecule has 0 fully saturated rings. The molecular weight excluding hydrogens is 288 g/mol. The van der Waals surface area contributed by atoms with Crippen LogP contribution in [-0.2, 0) is 4.74 Å². The van der Waals surface area contributed by atoms with Crippen LogP contribution in [0.4, 0.5) is 4.79 Å². The summed E-state index contributed by atoms with van der Waals surface area (Å²) in [6.07, 6.45) is -0.901. The Kier molecular flexibility index (Phi) is 4.28. The zero-order valence-electron chi connectivity index (χ0n) is 9.82. The summed E-state index contributed by atoms with van der Waals surface area (Å²) >= 11 is 3.15. The van der Waals surface area contributed by atoms with Crippen LogP contribution in [0.15, 0.2) is 33.5 Å². The van der Waals surface area contributed by atoms with E-state index >= 15 is 0 Å². The van der Waals surface area contributed by atoms with Crippen molar-refractivity contribution in [3.05, 3.63) is 39.0 Å². The van der Waals surface area contributed by atoms with Gasteiger partial charge in [0.1, 0.15) is 5.60 Å². The van der Waals surface area contributed by atoms with E-state index in [1.165, 1.54) is 6.07 Å². The molecule has 1 aromatic carbocycles. The molecular formula is C12H13BrO4. The van der Waals surface area contributed by atoms with E-state index < -0.39 is 17.2 Å². The van der Waals surface area contributed by atoms with Crippen LogP contribution in [0.2, 0.25) is 0 Å². The number of ether oxygens (including phenoxy) is 2. The van der Waals surface area contributed by atoms with Gasteiger partial charge in [0.2, 0.25) is 5.43 Å². The molecule has 0 spiro atoms. The van der Waals surface area contributed by atoms with Crippen molar-refractivity contribution in [3.8, 4) is 5.75 Å². The third-order valence-electron chi connectivity index (χ3n) is 1.62. The summed E-state index contributed by atoms with van der Waals surface area (Å²) in [7, 11) is 0. The monoisotopic (exact) mass is 300 g/mol. The molecule has 0 saturated heterocycles. The van der Waals surface area contributed by atoms with Gasteiger partial charge in [0.05, 0.1) is 4.47 Å². The summed E-state index contributed by atoms with van der Waals surface area (Å²) in [6.45, 7) is 5.14. The van der Waals surface area contributed by atoms with Gasteiger partial charge in [-0.05, 0) is 48.8 Å². The lowest BCUT2D eigenvalue weighted by Gasteiger charge is -2.18. The first-order valence-corrected chi connectivity index (χ1v) is 5.78. The topological polar surface area (TPSA) is 52.6 Å². The highest BCUT2D eigenvalue weighted by Gasteiger charge is 2.19. The molecule has 0 heterocycles.